The first-order valence-corrected chi connectivity index (χ1v) is 5.16. The van der Waals surface area contributed by atoms with E-state index in [9.17, 15) is 4.39 Å². The molecule has 0 spiro atoms. The molecule has 0 saturated carbocycles. The predicted octanol–water partition coefficient (Wildman–Crippen LogP) is 2.10. The SMILES string of the molecule is Cc1ccc(CC2CNCC2F)cc1. The van der Waals surface area contributed by atoms with Gasteiger partial charge in [-0.25, -0.2) is 4.39 Å². The van der Waals surface area contributed by atoms with Gasteiger partial charge in [-0.15, -0.1) is 0 Å². The van der Waals surface area contributed by atoms with Crippen LogP contribution < -0.4 is 5.32 Å². The van der Waals surface area contributed by atoms with E-state index in [1.807, 2.05) is 0 Å². The van der Waals surface area contributed by atoms with Gasteiger partial charge in [0.2, 0.25) is 0 Å². The zero-order valence-electron chi connectivity index (χ0n) is 8.46. The first-order chi connectivity index (χ1) is 6.75. The molecule has 1 aliphatic heterocycles. The van der Waals surface area contributed by atoms with Gasteiger partial charge in [-0.3, -0.25) is 0 Å². The maximum Gasteiger partial charge on any atom is 0.117 e. The third kappa shape index (κ3) is 2.13. The molecule has 2 heteroatoms. The van der Waals surface area contributed by atoms with E-state index >= 15 is 0 Å². The second kappa shape index (κ2) is 4.09. The van der Waals surface area contributed by atoms with Gasteiger partial charge in [0, 0.05) is 19.0 Å². The van der Waals surface area contributed by atoms with Crippen LogP contribution in [-0.4, -0.2) is 19.3 Å². The normalized spacial score (nSPS) is 26.7. The van der Waals surface area contributed by atoms with E-state index in [0.29, 0.717) is 6.54 Å². The molecular formula is C12H16FN. The summed E-state index contributed by atoms with van der Waals surface area (Å²) in [7, 11) is 0. The summed E-state index contributed by atoms with van der Waals surface area (Å²) in [6.07, 6.45) is 0.186. The smallest absolute Gasteiger partial charge is 0.117 e. The van der Waals surface area contributed by atoms with Crippen molar-refractivity contribution in [3.63, 3.8) is 0 Å². The Morgan fingerprint density at radius 3 is 2.57 bits per heavy atom. The first kappa shape index (κ1) is 9.66. The summed E-state index contributed by atoms with van der Waals surface area (Å²) in [6, 6.07) is 8.37. The molecule has 1 fully saturated rings. The fourth-order valence-corrected chi connectivity index (χ4v) is 1.93. The molecule has 0 aliphatic carbocycles. The molecule has 2 atom stereocenters. The Bertz CT molecular complexity index is 294. The van der Waals surface area contributed by atoms with Crippen LogP contribution >= 0.6 is 0 Å². The zero-order chi connectivity index (χ0) is 9.97. The van der Waals surface area contributed by atoms with Crippen LogP contribution in [0.5, 0.6) is 0 Å². The van der Waals surface area contributed by atoms with Gasteiger partial charge in [-0.1, -0.05) is 29.8 Å². The fraction of sp³-hybridized carbons (Fsp3) is 0.500. The molecule has 0 aromatic heterocycles. The third-order valence-electron chi connectivity index (χ3n) is 2.88. The predicted molar refractivity (Wildman–Crippen MR) is 56.1 cm³/mol. The molecule has 1 heterocycles. The van der Waals surface area contributed by atoms with Gasteiger partial charge in [0.1, 0.15) is 6.17 Å². The molecule has 1 nitrogen and oxygen atoms in total. The molecule has 1 aromatic rings. The Hall–Kier alpha value is -0.890. The van der Waals surface area contributed by atoms with Crippen molar-refractivity contribution in [2.24, 2.45) is 5.92 Å². The van der Waals surface area contributed by atoms with Gasteiger partial charge in [0.15, 0.2) is 0 Å². The number of halogens is 1. The van der Waals surface area contributed by atoms with Crippen LogP contribution in [0, 0.1) is 12.8 Å². The zero-order valence-corrected chi connectivity index (χ0v) is 8.46. The average Bonchev–Trinajstić information content (AvgIpc) is 2.56. The van der Waals surface area contributed by atoms with Gasteiger partial charge in [0.25, 0.3) is 0 Å². The van der Waals surface area contributed by atoms with E-state index in [1.165, 1.54) is 11.1 Å². The molecule has 1 saturated heterocycles. The Kier molecular flexibility index (Phi) is 2.82. The van der Waals surface area contributed by atoms with E-state index in [0.717, 1.165) is 13.0 Å². The van der Waals surface area contributed by atoms with Crippen LogP contribution in [0.4, 0.5) is 4.39 Å². The highest BCUT2D eigenvalue weighted by Gasteiger charge is 2.26. The van der Waals surface area contributed by atoms with E-state index in [-0.39, 0.29) is 5.92 Å². The van der Waals surface area contributed by atoms with Crippen LogP contribution in [0.3, 0.4) is 0 Å². The highest BCUT2D eigenvalue weighted by Crippen LogP contribution is 2.18. The van der Waals surface area contributed by atoms with E-state index in [4.69, 9.17) is 0 Å². The van der Waals surface area contributed by atoms with Crippen molar-refractivity contribution in [3.8, 4) is 0 Å². The Morgan fingerprint density at radius 1 is 1.29 bits per heavy atom. The summed E-state index contributed by atoms with van der Waals surface area (Å²) in [4.78, 5) is 0. The van der Waals surface area contributed by atoms with E-state index in [1.54, 1.807) is 0 Å². The third-order valence-corrected chi connectivity index (χ3v) is 2.88. The van der Waals surface area contributed by atoms with Crippen LogP contribution in [0.25, 0.3) is 0 Å². The lowest BCUT2D eigenvalue weighted by Gasteiger charge is -2.11. The Labute approximate surface area is 84.3 Å². The number of aryl methyl sites for hydroxylation is 1. The van der Waals surface area contributed by atoms with Crippen molar-refractivity contribution >= 4 is 0 Å². The summed E-state index contributed by atoms with van der Waals surface area (Å²) in [5.41, 5.74) is 2.50. The van der Waals surface area contributed by atoms with Crippen LogP contribution in [0.1, 0.15) is 11.1 Å². The van der Waals surface area contributed by atoms with Gasteiger partial charge >= 0.3 is 0 Å². The van der Waals surface area contributed by atoms with Gasteiger partial charge in [-0.2, -0.15) is 0 Å². The molecule has 0 bridgehead atoms. The van der Waals surface area contributed by atoms with Gasteiger partial charge < -0.3 is 5.32 Å². The lowest BCUT2D eigenvalue weighted by molar-refractivity contribution is 0.282. The molecule has 2 unspecified atom stereocenters. The number of hydrogen-bond acceptors (Lipinski definition) is 1. The number of alkyl halides is 1. The lowest BCUT2D eigenvalue weighted by Crippen LogP contribution is -2.15. The number of nitrogens with one attached hydrogen (secondary N) is 1. The average molecular weight is 193 g/mol. The van der Waals surface area contributed by atoms with Gasteiger partial charge in [0.05, 0.1) is 0 Å². The van der Waals surface area contributed by atoms with Crippen molar-refractivity contribution in [1.82, 2.24) is 5.32 Å². The summed E-state index contributed by atoms with van der Waals surface area (Å²) in [5, 5.41) is 3.08. The van der Waals surface area contributed by atoms with Crippen LogP contribution in [-0.2, 0) is 6.42 Å². The molecule has 0 radical (unpaired) electrons. The standard InChI is InChI=1S/C12H16FN/c1-9-2-4-10(5-3-9)6-11-7-14-8-12(11)13/h2-5,11-12,14H,6-8H2,1H3. The van der Waals surface area contributed by atoms with Gasteiger partial charge in [-0.05, 0) is 18.9 Å². The monoisotopic (exact) mass is 193 g/mol. The molecule has 14 heavy (non-hydrogen) atoms. The number of hydrogen-bond donors (Lipinski definition) is 1. The van der Waals surface area contributed by atoms with Crippen LogP contribution in [0.15, 0.2) is 24.3 Å². The molecular weight excluding hydrogens is 177 g/mol. The second-order valence-electron chi connectivity index (χ2n) is 4.12. The highest BCUT2D eigenvalue weighted by atomic mass is 19.1. The lowest BCUT2D eigenvalue weighted by atomic mass is 9.97. The second-order valence-corrected chi connectivity index (χ2v) is 4.12. The largest absolute Gasteiger partial charge is 0.313 e. The van der Waals surface area contributed by atoms with Crippen molar-refractivity contribution in [2.45, 2.75) is 19.5 Å². The minimum absolute atomic E-state index is 0.165. The highest BCUT2D eigenvalue weighted by molar-refractivity contribution is 5.22. The van der Waals surface area contributed by atoms with Crippen molar-refractivity contribution < 1.29 is 4.39 Å². The number of rotatable bonds is 2. The summed E-state index contributed by atoms with van der Waals surface area (Å²) < 4.78 is 13.3. The summed E-state index contributed by atoms with van der Waals surface area (Å²) in [5.74, 6) is 0.165. The molecule has 1 aliphatic rings. The molecule has 76 valence electrons. The molecule has 1 aromatic carbocycles. The quantitative estimate of drug-likeness (QED) is 0.758. The molecule has 0 amide bonds. The summed E-state index contributed by atoms with van der Waals surface area (Å²) in [6.45, 7) is 3.41. The van der Waals surface area contributed by atoms with Crippen molar-refractivity contribution in [1.29, 1.82) is 0 Å². The fourth-order valence-electron chi connectivity index (χ4n) is 1.93. The van der Waals surface area contributed by atoms with Crippen LogP contribution in [0.2, 0.25) is 0 Å². The van der Waals surface area contributed by atoms with E-state index in [2.05, 4.69) is 36.5 Å². The number of benzene rings is 1. The summed E-state index contributed by atoms with van der Waals surface area (Å²) >= 11 is 0. The van der Waals surface area contributed by atoms with Crippen molar-refractivity contribution in [2.75, 3.05) is 13.1 Å². The minimum Gasteiger partial charge on any atom is -0.313 e. The Balaban J connectivity index is 2.00. The maximum atomic E-state index is 13.3. The topological polar surface area (TPSA) is 12.0 Å². The Morgan fingerprint density at radius 2 is 2.00 bits per heavy atom. The molecule has 2 rings (SSSR count). The first-order valence-electron chi connectivity index (χ1n) is 5.16. The maximum absolute atomic E-state index is 13.3. The minimum atomic E-state index is -0.670. The molecule has 1 N–H and O–H groups in total. The van der Waals surface area contributed by atoms with E-state index < -0.39 is 6.17 Å². The van der Waals surface area contributed by atoms with Crippen molar-refractivity contribution in [3.05, 3.63) is 35.4 Å².